The molecule has 106 valence electrons. The highest BCUT2D eigenvalue weighted by Gasteiger charge is 2.27. The van der Waals surface area contributed by atoms with E-state index in [-0.39, 0.29) is 6.10 Å². The Hall–Kier alpha value is -1.65. The van der Waals surface area contributed by atoms with Gasteiger partial charge in [0, 0.05) is 50.5 Å². The van der Waals surface area contributed by atoms with Crippen molar-refractivity contribution in [3.05, 3.63) is 54.1 Å². The van der Waals surface area contributed by atoms with Crippen LogP contribution in [0.1, 0.15) is 30.2 Å². The van der Waals surface area contributed by atoms with Crippen molar-refractivity contribution in [2.45, 2.75) is 31.5 Å². The maximum Gasteiger partial charge on any atom is 0.0978 e. The van der Waals surface area contributed by atoms with E-state index in [4.69, 9.17) is 4.74 Å². The van der Waals surface area contributed by atoms with E-state index in [0.29, 0.717) is 6.04 Å². The van der Waals surface area contributed by atoms with Crippen LogP contribution in [-0.2, 0) is 18.3 Å². The van der Waals surface area contributed by atoms with Crippen molar-refractivity contribution in [2.24, 2.45) is 7.05 Å². The van der Waals surface area contributed by atoms with E-state index in [1.54, 1.807) is 0 Å². The third kappa shape index (κ3) is 2.92. The Balaban J connectivity index is 1.68. The van der Waals surface area contributed by atoms with Gasteiger partial charge in [0.25, 0.3) is 0 Å². The third-order valence-corrected chi connectivity index (χ3v) is 3.95. The van der Waals surface area contributed by atoms with Crippen molar-refractivity contribution in [2.75, 3.05) is 6.61 Å². The van der Waals surface area contributed by atoms with Crippen molar-refractivity contribution in [1.82, 2.24) is 14.9 Å². The molecule has 1 aliphatic rings. The van der Waals surface area contributed by atoms with Crippen LogP contribution in [0.3, 0.4) is 0 Å². The molecular formula is C16H21N3O. The summed E-state index contributed by atoms with van der Waals surface area (Å²) in [5, 5.41) is 3.65. The highest BCUT2D eigenvalue weighted by Crippen LogP contribution is 2.28. The first kappa shape index (κ1) is 13.3. The van der Waals surface area contributed by atoms with Crippen LogP contribution in [-0.4, -0.2) is 22.2 Å². The summed E-state index contributed by atoms with van der Waals surface area (Å²) in [6, 6.07) is 8.69. The number of pyridine rings is 1. The van der Waals surface area contributed by atoms with E-state index in [2.05, 4.69) is 40.2 Å². The van der Waals surface area contributed by atoms with Crippen LogP contribution in [0, 0.1) is 0 Å². The number of ether oxygens (including phenoxy) is 1. The molecule has 1 fully saturated rings. The fraction of sp³-hybridized carbons (Fsp3) is 0.438. The molecule has 0 aromatic carbocycles. The maximum absolute atomic E-state index is 5.98. The molecule has 1 N–H and O–H groups in total. The molecule has 2 atom stereocenters. The van der Waals surface area contributed by atoms with E-state index in [0.717, 1.165) is 26.0 Å². The van der Waals surface area contributed by atoms with E-state index in [9.17, 15) is 0 Å². The van der Waals surface area contributed by atoms with Crippen molar-refractivity contribution in [3.63, 3.8) is 0 Å². The molecular weight excluding hydrogens is 250 g/mol. The third-order valence-electron chi connectivity index (χ3n) is 3.95. The monoisotopic (exact) mass is 271 g/mol. The van der Waals surface area contributed by atoms with Gasteiger partial charge in [-0.3, -0.25) is 4.98 Å². The molecule has 3 rings (SSSR count). The van der Waals surface area contributed by atoms with Crippen molar-refractivity contribution in [1.29, 1.82) is 0 Å². The zero-order chi connectivity index (χ0) is 13.8. The summed E-state index contributed by atoms with van der Waals surface area (Å²) in [5.74, 6) is 0. The molecule has 0 aliphatic carbocycles. The quantitative estimate of drug-likeness (QED) is 0.928. The second kappa shape index (κ2) is 6.20. The van der Waals surface area contributed by atoms with Gasteiger partial charge in [-0.25, -0.2) is 0 Å². The molecule has 0 amide bonds. The average Bonchev–Trinajstić information content (AvgIpc) is 2.92. The summed E-state index contributed by atoms with van der Waals surface area (Å²) in [6.07, 6.45) is 8.15. The lowest BCUT2D eigenvalue weighted by Crippen LogP contribution is -2.39. The van der Waals surface area contributed by atoms with Crippen molar-refractivity contribution in [3.8, 4) is 0 Å². The first-order chi connectivity index (χ1) is 9.84. The van der Waals surface area contributed by atoms with Gasteiger partial charge in [0.05, 0.1) is 6.10 Å². The van der Waals surface area contributed by atoms with Gasteiger partial charge in [0.1, 0.15) is 0 Å². The van der Waals surface area contributed by atoms with Gasteiger partial charge in [-0.05, 0) is 42.7 Å². The molecule has 2 aromatic rings. The molecule has 1 saturated heterocycles. The fourth-order valence-corrected chi connectivity index (χ4v) is 2.79. The molecule has 4 heteroatoms. The molecule has 0 saturated carbocycles. The smallest absolute Gasteiger partial charge is 0.0978 e. The summed E-state index contributed by atoms with van der Waals surface area (Å²) < 4.78 is 8.13. The molecule has 0 unspecified atom stereocenters. The van der Waals surface area contributed by atoms with Gasteiger partial charge in [0.2, 0.25) is 0 Å². The van der Waals surface area contributed by atoms with Crippen molar-refractivity contribution < 1.29 is 4.74 Å². The van der Waals surface area contributed by atoms with Crippen LogP contribution in [0.2, 0.25) is 0 Å². The minimum atomic E-state index is 0.131. The van der Waals surface area contributed by atoms with Gasteiger partial charge in [-0.1, -0.05) is 0 Å². The van der Waals surface area contributed by atoms with Gasteiger partial charge in [-0.2, -0.15) is 0 Å². The van der Waals surface area contributed by atoms with Gasteiger partial charge >= 0.3 is 0 Å². The van der Waals surface area contributed by atoms with Crippen LogP contribution in [0.4, 0.5) is 0 Å². The van der Waals surface area contributed by atoms with E-state index in [1.807, 2.05) is 24.5 Å². The number of rotatable bonds is 4. The lowest BCUT2D eigenvalue weighted by Gasteiger charge is -2.32. The second-order valence-corrected chi connectivity index (χ2v) is 5.31. The number of aryl methyl sites for hydroxylation is 1. The summed E-state index contributed by atoms with van der Waals surface area (Å²) in [4.78, 5) is 4.08. The lowest BCUT2D eigenvalue weighted by molar-refractivity contribution is -0.0113. The maximum atomic E-state index is 5.98. The zero-order valence-corrected chi connectivity index (χ0v) is 11.8. The minimum Gasteiger partial charge on any atom is -0.372 e. The van der Waals surface area contributed by atoms with E-state index in [1.165, 1.54) is 11.3 Å². The summed E-state index contributed by atoms with van der Waals surface area (Å²) >= 11 is 0. The number of aromatic nitrogens is 2. The molecule has 2 aromatic heterocycles. The van der Waals surface area contributed by atoms with E-state index < -0.39 is 0 Å². The summed E-state index contributed by atoms with van der Waals surface area (Å²) in [6.45, 7) is 1.72. The highest BCUT2D eigenvalue weighted by atomic mass is 16.5. The first-order valence-corrected chi connectivity index (χ1v) is 7.20. The Morgan fingerprint density at radius 2 is 2.20 bits per heavy atom. The predicted octanol–water partition coefficient (Wildman–Crippen LogP) is 2.43. The number of nitrogens with zero attached hydrogens (tertiary/aromatic N) is 2. The van der Waals surface area contributed by atoms with Crippen LogP contribution >= 0.6 is 0 Å². The Kier molecular flexibility index (Phi) is 4.14. The average molecular weight is 271 g/mol. The lowest BCUT2D eigenvalue weighted by atomic mass is 9.96. The molecule has 0 radical (unpaired) electrons. The number of nitrogens with one attached hydrogen (secondary N) is 1. The molecule has 4 nitrogen and oxygen atoms in total. The largest absolute Gasteiger partial charge is 0.372 e. The highest BCUT2D eigenvalue weighted by molar-refractivity contribution is 5.16. The Bertz CT molecular complexity index is 538. The molecule has 0 spiro atoms. The topological polar surface area (TPSA) is 39.1 Å². The molecule has 0 bridgehead atoms. The van der Waals surface area contributed by atoms with Crippen LogP contribution in [0.25, 0.3) is 0 Å². The molecule has 3 heterocycles. The molecule has 1 aliphatic heterocycles. The van der Waals surface area contributed by atoms with E-state index >= 15 is 0 Å². The second-order valence-electron chi connectivity index (χ2n) is 5.31. The first-order valence-electron chi connectivity index (χ1n) is 7.20. The number of hydrogen-bond acceptors (Lipinski definition) is 3. The van der Waals surface area contributed by atoms with Gasteiger partial charge in [0.15, 0.2) is 0 Å². The normalized spacial score (nSPS) is 22.9. The summed E-state index contributed by atoms with van der Waals surface area (Å²) in [7, 11) is 2.08. The van der Waals surface area contributed by atoms with Gasteiger partial charge < -0.3 is 14.6 Å². The minimum absolute atomic E-state index is 0.131. The predicted molar refractivity (Wildman–Crippen MR) is 78.2 cm³/mol. The Morgan fingerprint density at radius 1 is 1.35 bits per heavy atom. The SMILES string of the molecule is Cn1cccc1CN[C@H]1CCCO[C@@H]1c1ccncc1. The van der Waals surface area contributed by atoms with Crippen LogP contribution in [0.15, 0.2) is 42.9 Å². The van der Waals surface area contributed by atoms with Crippen molar-refractivity contribution >= 4 is 0 Å². The standard InChI is InChI=1S/C16H21N3O/c1-19-10-2-4-14(19)12-18-15-5-3-11-20-16(15)13-6-8-17-9-7-13/h2,4,6-10,15-16,18H,3,5,11-12H2,1H3/t15-,16+/m0/s1. The van der Waals surface area contributed by atoms with Gasteiger partial charge in [-0.15, -0.1) is 0 Å². The summed E-state index contributed by atoms with van der Waals surface area (Å²) in [5.41, 5.74) is 2.51. The van der Waals surface area contributed by atoms with Crippen LogP contribution < -0.4 is 5.32 Å². The Labute approximate surface area is 119 Å². The number of hydrogen-bond donors (Lipinski definition) is 1. The Morgan fingerprint density at radius 3 is 2.95 bits per heavy atom. The fourth-order valence-electron chi connectivity index (χ4n) is 2.79. The molecule has 20 heavy (non-hydrogen) atoms. The zero-order valence-electron chi connectivity index (χ0n) is 11.8. The van der Waals surface area contributed by atoms with Crippen LogP contribution in [0.5, 0.6) is 0 Å².